The van der Waals surface area contributed by atoms with E-state index < -0.39 is 0 Å². The molecular weight excluding hydrogens is 316 g/mol. The van der Waals surface area contributed by atoms with Crippen molar-refractivity contribution in [1.29, 1.82) is 0 Å². The van der Waals surface area contributed by atoms with Crippen molar-refractivity contribution >= 4 is 39.7 Å². The van der Waals surface area contributed by atoms with Crippen molar-refractivity contribution in [2.24, 2.45) is 5.92 Å². The Morgan fingerprint density at radius 1 is 1.59 bits per heavy atom. The number of amides is 1. The van der Waals surface area contributed by atoms with Crippen molar-refractivity contribution in [3.63, 3.8) is 0 Å². The van der Waals surface area contributed by atoms with Gasteiger partial charge in [0.25, 0.3) is 0 Å². The van der Waals surface area contributed by atoms with E-state index in [0.717, 1.165) is 28.7 Å². The molecule has 2 rings (SSSR count). The number of nitrogens with one attached hydrogen (secondary N) is 2. The molecule has 2 N–H and O–H groups in total. The first-order valence-corrected chi connectivity index (χ1v) is 8.64. The lowest BCUT2D eigenvalue weighted by Gasteiger charge is -2.26. The van der Waals surface area contributed by atoms with Gasteiger partial charge in [0.2, 0.25) is 5.91 Å². The average molecular weight is 339 g/mol. The zero-order valence-electron chi connectivity index (χ0n) is 13.0. The molecule has 0 spiro atoms. The number of aromatic nitrogens is 1. The van der Waals surface area contributed by atoms with Gasteiger partial charge in [0, 0.05) is 30.8 Å². The maximum atomic E-state index is 12.2. The van der Waals surface area contributed by atoms with E-state index in [1.54, 1.807) is 17.4 Å². The van der Waals surface area contributed by atoms with Crippen LogP contribution in [0.5, 0.6) is 0 Å². The minimum Gasteiger partial charge on any atom is -0.359 e. The van der Waals surface area contributed by atoms with E-state index in [1.807, 2.05) is 4.90 Å². The van der Waals surface area contributed by atoms with Crippen molar-refractivity contribution in [2.75, 3.05) is 18.4 Å². The Bertz CT molecular complexity index is 568. The summed E-state index contributed by atoms with van der Waals surface area (Å²) in [6.45, 7) is 9.80. The number of anilines is 1. The summed E-state index contributed by atoms with van der Waals surface area (Å²) in [5, 5.41) is 7.42. The van der Waals surface area contributed by atoms with E-state index in [1.165, 1.54) is 0 Å². The Morgan fingerprint density at radius 2 is 2.36 bits per heavy atom. The Hall–Kier alpha value is -1.47. The van der Waals surface area contributed by atoms with Crippen LogP contribution in [-0.4, -0.2) is 34.0 Å². The van der Waals surface area contributed by atoms with Gasteiger partial charge in [-0.15, -0.1) is 6.58 Å². The molecule has 1 amide bonds. The molecule has 0 unspecified atom stereocenters. The Labute approximate surface area is 140 Å². The first kappa shape index (κ1) is 16.9. The molecule has 1 aromatic rings. The lowest BCUT2D eigenvalue weighted by molar-refractivity contribution is -0.132. The molecule has 1 aliphatic heterocycles. The molecule has 2 heterocycles. The Balaban J connectivity index is 1.96. The number of carbonyl (C=O) groups excluding carboxylic acids is 1. The first-order valence-electron chi connectivity index (χ1n) is 7.41. The van der Waals surface area contributed by atoms with Gasteiger partial charge < -0.3 is 15.5 Å². The second-order valence-electron chi connectivity index (χ2n) is 5.68. The molecule has 5 nitrogen and oxygen atoms in total. The zero-order chi connectivity index (χ0) is 16.1. The molecule has 1 aliphatic rings. The summed E-state index contributed by atoms with van der Waals surface area (Å²) < 4.78 is 0. The maximum Gasteiger partial charge on any atom is 0.223 e. The minimum absolute atomic E-state index is 0.228. The molecule has 22 heavy (non-hydrogen) atoms. The molecule has 0 bridgehead atoms. The number of fused-ring (bicyclic) bond motifs is 1. The first-order chi connectivity index (χ1) is 10.5. The zero-order valence-corrected chi connectivity index (χ0v) is 14.6. The largest absolute Gasteiger partial charge is 0.359 e. The van der Waals surface area contributed by atoms with Gasteiger partial charge in [-0.2, -0.15) is 0 Å². The molecular formula is C15H22N4OS2. The summed E-state index contributed by atoms with van der Waals surface area (Å²) >= 11 is 6.75. The normalized spacial score (nSPS) is 13.7. The van der Waals surface area contributed by atoms with Crippen LogP contribution < -0.4 is 10.6 Å². The van der Waals surface area contributed by atoms with E-state index in [2.05, 4.69) is 36.0 Å². The highest BCUT2D eigenvalue weighted by Crippen LogP contribution is 2.28. The van der Waals surface area contributed by atoms with Gasteiger partial charge in [0.05, 0.1) is 12.2 Å². The molecule has 1 aromatic heterocycles. The van der Waals surface area contributed by atoms with E-state index in [0.29, 0.717) is 30.5 Å². The average Bonchev–Trinajstić information content (AvgIpc) is 2.85. The number of carbonyl (C=O) groups is 1. The van der Waals surface area contributed by atoms with Crippen molar-refractivity contribution < 1.29 is 4.79 Å². The number of thiocarbonyl (C=S) groups is 1. The van der Waals surface area contributed by atoms with Crippen LogP contribution in [0, 0.1) is 5.92 Å². The minimum atomic E-state index is 0.228. The molecule has 0 fully saturated rings. The number of thiazole rings is 1. The van der Waals surface area contributed by atoms with E-state index in [9.17, 15) is 4.79 Å². The smallest absolute Gasteiger partial charge is 0.223 e. The second-order valence-corrected chi connectivity index (χ2v) is 7.17. The number of rotatable bonds is 5. The van der Waals surface area contributed by atoms with Crippen LogP contribution in [-0.2, 0) is 17.8 Å². The fraction of sp³-hybridized carbons (Fsp3) is 0.533. The SMILES string of the molecule is C=CCNC(=S)Nc1nc2c(s1)CN(C(=O)CC(C)C)CC2. The van der Waals surface area contributed by atoms with Crippen LogP contribution in [0.4, 0.5) is 5.13 Å². The van der Waals surface area contributed by atoms with Crippen LogP contribution in [0.3, 0.4) is 0 Å². The summed E-state index contributed by atoms with van der Waals surface area (Å²) in [4.78, 5) is 19.8. The molecule has 0 aromatic carbocycles. The van der Waals surface area contributed by atoms with Gasteiger partial charge >= 0.3 is 0 Å². The molecule has 0 saturated carbocycles. The summed E-state index contributed by atoms with van der Waals surface area (Å²) in [5.41, 5.74) is 1.08. The fourth-order valence-electron chi connectivity index (χ4n) is 2.25. The molecule has 0 aliphatic carbocycles. The van der Waals surface area contributed by atoms with Crippen LogP contribution in [0.25, 0.3) is 0 Å². The topological polar surface area (TPSA) is 57.3 Å². The van der Waals surface area contributed by atoms with E-state index in [4.69, 9.17) is 12.2 Å². The van der Waals surface area contributed by atoms with Gasteiger partial charge in [-0.3, -0.25) is 4.79 Å². The van der Waals surface area contributed by atoms with Gasteiger partial charge in [-0.05, 0) is 18.1 Å². The van der Waals surface area contributed by atoms with Crippen LogP contribution in [0.1, 0.15) is 30.8 Å². The van der Waals surface area contributed by atoms with Crippen LogP contribution in [0.2, 0.25) is 0 Å². The van der Waals surface area contributed by atoms with Crippen LogP contribution in [0.15, 0.2) is 12.7 Å². The molecule has 0 atom stereocenters. The third-order valence-electron chi connectivity index (χ3n) is 3.29. The van der Waals surface area contributed by atoms with Crippen LogP contribution >= 0.6 is 23.6 Å². The number of hydrogen-bond acceptors (Lipinski definition) is 4. The van der Waals surface area contributed by atoms with E-state index in [-0.39, 0.29) is 5.91 Å². The molecule has 0 saturated heterocycles. The predicted octanol–water partition coefficient (Wildman–Crippen LogP) is 2.55. The Kier molecular flexibility index (Phi) is 5.90. The highest BCUT2D eigenvalue weighted by atomic mass is 32.1. The highest BCUT2D eigenvalue weighted by Gasteiger charge is 2.24. The maximum absolute atomic E-state index is 12.2. The molecule has 0 radical (unpaired) electrons. The third-order valence-corrected chi connectivity index (χ3v) is 4.54. The van der Waals surface area contributed by atoms with Gasteiger partial charge in [-0.25, -0.2) is 4.98 Å². The second kappa shape index (κ2) is 7.69. The van der Waals surface area contributed by atoms with Crippen molar-refractivity contribution in [2.45, 2.75) is 33.2 Å². The van der Waals surface area contributed by atoms with Crippen molar-refractivity contribution in [1.82, 2.24) is 15.2 Å². The lowest BCUT2D eigenvalue weighted by atomic mass is 10.1. The number of nitrogens with zero attached hydrogens (tertiary/aromatic N) is 2. The lowest BCUT2D eigenvalue weighted by Crippen LogP contribution is -2.36. The summed E-state index contributed by atoms with van der Waals surface area (Å²) in [7, 11) is 0. The standard InChI is InChI=1S/C15H22N4OS2/c1-4-6-16-14(21)18-15-17-11-5-7-19(9-12(11)22-15)13(20)8-10(2)3/h4,10H,1,5-9H2,2-3H3,(H2,16,17,18,21). The van der Waals surface area contributed by atoms with Gasteiger partial charge in [-0.1, -0.05) is 31.3 Å². The Morgan fingerprint density at radius 3 is 3.05 bits per heavy atom. The fourth-order valence-corrected chi connectivity index (χ4v) is 3.52. The summed E-state index contributed by atoms with van der Waals surface area (Å²) in [6, 6.07) is 0. The van der Waals surface area contributed by atoms with E-state index >= 15 is 0 Å². The van der Waals surface area contributed by atoms with Crippen molar-refractivity contribution in [3.05, 3.63) is 23.2 Å². The van der Waals surface area contributed by atoms with Gasteiger partial charge in [0.1, 0.15) is 0 Å². The number of hydrogen-bond donors (Lipinski definition) is 2. The summed E-state index contributed by atoms with van der Waals surface area (Å²) in [6.07, 6.45) is 3.16. The van der Waals surface area contributed by atoms with Crippen molar-refractivity contribution in [3.8, 4) is 0 Å². The predicted molar refractivity (Wildman–Crippen MR) is 95.1 cm³/mol. The summed E-state index contributed by atoms with van der Waals surface area (Å²) in [5.74, 6) is 0.618. The highest BCUT2D eigenvalue weighted by molar-refractivity contribution is 7.80. The monoisotopic (exact) mass is 338 g/mol. The molecule has 120 valence electrons. The third kappa shape index (κ3) is 4.51. The quantitative estimate of drug-likeness (QED) is 0.638. The molecule has 7 heteroatoms. The van der Waals surface area contributed by atoms with Gasteiger partial charge in [0.15, 0.2) is 10.2 Å².